The largest absolute Gasteiger partial charge is 0.450 e. The maximum absolute atomic E-state index is 12.2. The lowest BCUT2D eigenvalue weighted by molar-refractivity contribution is -0.133. The molecular weight excluding hydrogens is 1770 g/mol. The van der Waals surface area contributed by atoms with Gasteiger partial charge in [0.2, 0.25) is 21.8 Å². The fourth-order valence-corrected chi connectivity index (χ4v) is 15.5. The van der Waals surface area contributed by atoms with Crippen molar-refractivity contribution in [1.29, 1.82) is 0 Å². The molecule has 1 heterocycles. The summed E-state index contributed by atoms with van der Waals surface area (Å²) in [4.78, 5) is 84.6. The summed E-state index contributed by atoms with van der Waals surface area (Å²) in [5.41, 5.74) is 14.1. The number of anilines is 1. The van der Waals surface area contributed by atoms with E-state index in [2.05, 4.69) is 150 Å². The summed E-state index contributed by atoms with van der Waals surface area (Å²) in [6.45, 7) is 23.9. The summed E-state index contributed by atoms with van der Waals surface area (Å²) in [6, 6.07) is 85.9. The van der Waals surface area contributed by atoms with Crippen LogP contribution in [0.15, 0.2) is 265 Å². The molecule has 5 aliphatic rings. The van der Waals surface area contributed by atoms with Gasteiger partial charge < -0.3 is 43.7 Å². The van der Waals surface area contributed by atoms with Gasteiger partial charge in [0.1, 0.15) is 12.0 Å². The first-order chi connectivity index (χ1) is 63.4. The first-order valence-electron chi connectivity index (χ1n) is 47.7. The Bertz CT molecular complexity index is 4990. The van der Waals surface area contributed by atoms with Crippen molar-refractivity contribution in [2.45, 2.75) is 302 Å². The van der Waals surface area contributed by atoms with Crippen LogP contribution in [0.3, 0.4) is 0 Å². The number of amides is 6. The van der Waals surface area contributed by atoms with E-state index in [1.165, 1.54) is 117 Å². The van der Waals surface area contributed by atoms with Gasteiger partial charge in [-0.25, -0.2) is 23.0 Å². The van der Waals surface area contributed by atoms with Gasteiger partial charge >= 0.3 is 12.2 Å². The molecule has 1 aromatic heterocycles. The van der Waals surface area contributed by atoms with E-state index >= 15 is 0 Å². The second kappa shape index (κ2) is 77.1. The molecule has 19 nitrogen and oxygen atoms in total. The summed E-state index contributed by atoms with van der Waals surface area (Å²) < 4.78 is 39.0. The summed E-state index contributed by atoms with van der Waals surface area (Å²) in [5.74, 6) is 3.13. The van der Waals surface area contributed by atoms with Gasteiger partial charge in [-0.2, -0.15) is 0 Å². The van der Waals surface area contributed by atoms with E-state index < -0.39 is 10.0 Å². The fraction of sp³-hybridized carbons (Fsp3) is 0.479. The molecule has 5 fully saturated rings. The SMILES string of the molecule is C.C.C.C.C.C.C.C.C.C.CCCN(C(=O)CC1CCCCC1)C1CC1.CCCN(C(=O)CCc1ccccc1)C1CC1.CCCN(C(=O)c1ccccc1)C1CC1.CCOC(=O)N(CCCc1ccccc1)CC1CC1.CCOC(=O)NCCCc1ccccc1.Cc1cccc(-c2ccccc2)c1.Cc1cccc(C(=O)N(C)C)c1.Cc1cccc(NS(C)(=O)=O)c1.Cc1nc(-c2ccccc2)co1. The van der Waals surface area contributed by atoms with Crippen molar-refractivity contribution in [3.8, 4) is 22.4 Å². The second-order valence-corrected chi connectivity index (χ2v) is 36.3. The van der Waals surface area contributed by atoms with E-state index in [-0.39, 0.29) is 98.3 Å². The van der Waals surface area contributed by atoms with Crippen molar-refractivity contribution in [2.24, 2.45) is 11.8 Å². The van der Waals surface area contributed by atoms with E-state index in [1.807, 2.05) is 183 Å². The number of benzene rings is 9. The Morgan fingerprint density at radius 1 is 0.411 bits per heavy atom. The second-order valence-electron chi connectivity index (χ2n) is 34.5. The number of alkyl carbamates (subject to hydrolysis) is 1. The van der Waals surface area contributed by atoms with Crippen molar-refractivity contribution in [2.75, 3.05) is 77.6 Å². The maximum Gasteiger partial charge on any atom is 0.409 e. The Morgan fingerprint density at radius 2 is 0.830 bits per heavy atom. The molecule has 6 amide bonds. The van der Waals surface area contributed by atoms with Crippen LogP contribution in [0.4, 0.5) is 15.3 Å². The third-order valence-corrected chi connectivity index (χ3v) is 22.8. The first kappa shape index (κ1) is 136. The van der Waals surface area contributed by atoms with Gasteiger partial charge in [-0.3, -0.25) is 23.9 Å². The van der Waals surface area contributed by atoms with Crippen LogP contribution in [0.2, 0.25) is 0 Å². The van der Waals surface area contributed by atoms with Crippen LogP contribution < -0.4 is 10.0 Å². The molecule has 784 valence electrons. The molecule has 0 radical (unpaired) electrons. The minimum atomic E-state index is -3.14. The van der Waals surface area contributed by atoms with Crippen molar-refractivity contribution in [3.63, 3.8) is 0 Å². The number of nitrogens with zero attached hydrogens (tertiary/aromatic N) is 6. The Morgan fingerprint density at radius 3 is 1.27 bits per heavy atom. The van der Waals surface area contributed by atoms with E-state index in [4.69, 9.17) is 13.9 Å². The smallest absolute Gasteiger partial charge is 0.409 e. The minimum absolute atomic E-state index is 0. The molecule has 0 aliphatic heterocycles. The summed E-state index contributed by atoms with van der Waals surface area (Å²) in [7, 11) is 0.365. The third-order valence-electron chi connectivity index (χ3n) is 22.2. The number of hydrogen-bond donors (Lipinski definition) is 2. The average Bonchev–Trinajstić information content (AvgIpc) is 1.76. The number of ether oxygens (including phenoxy) is 2. The van der Waals surface area contributed by atoms with Crippen molar-refractivity contribution < 1.29 is 51.1 Å². The number of carbonyl (C=O) groups is 6. The number of carbonyl (C=O) groups excluding carboxylic acids is 6. The minimum Gasteiger partial charge on any atom is -0.450 e. The van der Waals surface area contributed by atoms with Crippen LogP contribution in [0.1, 0.15) is 297 Å². The zero-order valence-electron chi connectivity index (χ0n) is 80.2. The number of aromatic nitrogens is 1. The average molecular weight is 1960 g/mol. The Hall–Kier alpha value is -11.6. The molecule has 9 aromatic carbocycles. The van der Waals surface area contributed by atoms with Crippen molar-refractivity contribution >= 4 is 51.5 Å². The molecule has 0 atom stereocenters. The zero-order chi connectivity index (χ0) is 94.4. The molecule has 2 N–H and O–H groups in total. The van der Waals surface area contributed by atoms with Crippen LogP contribution in [-0.4, -0.2) is 165 Å². The molecular formula is C121H188N8O11S. The summed E-state index contributed by atoms with van der Waals surface area (Å²) in [5, 5.41) is 2.69. The maximum atomic E-state index is 12.2. The summed E-state index contributed by atoms with van der Waals surface area (Å²) in [6.07, 6.45) is 28.2. The van der Waals surface area contributed by atoms with Gasteiger partial charge in [-0.05, 0) is 232 Å². The predicted molar refractivity (Wildman–Crippen MR) is 602 cm³/mol. The molecule has 20 heteroatoms. The van der Waals surface area contributed by atoms with Crippen molar-refractivity contribution in [1.82, 2.24) is 34.8 Å². The molecule has 15 rings (SSSR count). The standard InChI is InChI=1S/C16H23NO2.C15H21NO.C14H25NO.C13H17NO.C13H12.C12H17NO2.C10H9NO.C10H13NO.C8H11NO2S.10CH4/c1-2-19-16(18)17(13-15-10-11-15)12-6-9-14-7-4-3-5-8-14;1-2-12-16(14-9-10-14)15(17)11-8-13-6-4-3-5-7-13;1-2-10-15(13-8-9-13)14(16)11-12-6-4-3-5-7-12;1-2-10-14(12-8-9-12)13(15)11-6-4-3-5-7-11;1-11-6-5-9-13(10-11)12-7-3-2-4-8-12;1-2-15-12(14)13-10-6-9-11-7-4-3-5-8-11;1-8-11-10(7-12-8)9-5-3-2-4-6-9;1-8-5-4-6-9(7-8)10(12)11(2)3;1-7-4-3-5-8(6-7)9-12(2,10)11;;;;;;;;;;/h3-5,7-8,15H,2,6,9-13H2,1H3;3-7,14H,2,8-12H2,1H3;12-13H,2-11H2,1H3;3-7,12H,2,8-10H2,1H3;2-10H,1H3;3-5,7-8H,2,6,9-10H2,1H3,(H,13,14);2-7H,1H3;4-7H,1-3H3;3-6,9H,1-2H3;10*1H4. The van der Waals surface area contributed by atoms with Crippen LogP contribution in [0.25, 0.3) is 22.4 Å². The molecule has 5 saturated carbocycles. The predicted octanol–water partition coefficient (Wildman–Crippen LogP) is 30.7. The Balaban J connectivity index is -0.000000745. The lowest BCUT2D eigenvalue weighted by Crippen LogP contribution is -2.35. The normalized spacial score (nSPS) is 12.3. The Labute approximate surface area is 857 Å². The molecule has 0 unspecified atom stereocenters. The zero-order valence-corrected chi connectivity index (χ0v) is 81.0. The lowest BCUT2D eigenvalue weighted by Gasteiger charge is -2.26. The van der Waals surface area contributed by atoms with Gasteiger partial charge in [0.25, 0.3) is 11.8 Å². The third kappa shape index (κ3) is 57.2. The van der Waals surface area contributed by atoms with Gasteiger partial charge in [-0.15, -0.1) is 0 Å². The Kier molecular flexibility index (Phi) is 74.1. The number of nitrogens with one attached hydrogen (secondary N) is 2. The monoisotopic (exact) mass is 1960 g/mol. The van der Waals surface area contributed by atoms with Gasteiger partial charge in [-0.1, -0.05) is 344 Å². The number of aryl methyl sites for hydroxylation is 7. The first-order valence-corrected chi connectivity index (χ1v) is 49.6. The van der Waals surface area contributed by atoms with Gasteiger partial charge in [0, 0.05) is 114 Å². The highest BCUT2D eigenvalue weighted by Gasteiger charge is 2.35. The number of rotatable bonds is 32. The number of sulfonamides is 1. The highest BCUT2D eigenvalue weighted by atomic mass is 32.2. The van der Waals surface area contributed by atoms with Gasteiger partial charge in [0.15, 0.2) is 5.89 Å². The molecule has 10 aromatic rings. The van der Waals surface area contributed by atoms with Crippen molar-refractivity contribution in [3.05, 3.63) is 311 Å². The fourth-order valence-electron chi connectivity index (χ4n) is 14.9. The van der Waals surface area contributed by atoms with Crippen LogP contribution in [0.5, 0.6) is 0 Å². The van der Waals surface area contributed by atoms with E-state index in [9.17, 15) is 37.2 Å². The van der Waals surface area contributed by atoms with Crippen LogP contribution in [-0.2, 0) is 48.3 Å². The number of oxazole rings is 1. The quantitative estimate of drug-likeness (QED) is 0.0376. The van der Waals surface area contributed by atoms with E-state index in [0.29, 0.717) is 79.5 Å². The van der Waals surface area contributed by atoms with E-state index in [0.717, 1.165) is 130 Å². The topological polar surface area (TPSA) is 221 Å². The molecule has 0 spiro atoms. The van der Waals surface area contributed by atoms with Crippen LogP contribution in [0, 0.1) is 39.5 Å². The van der Waals surface area contributed by atoms with Gasteiger partial charge in [0.05, 0.1) is 19.5 Å². The summed E-state index contributed by atoms with van der Waals surface area (Å²) >= 11 is 0. The molecule has 141 heavy (non-hydrogen) atoms. The van der Waals surface area contributed by atoms with E-state index in [1.54, 1.807) is 44.3 Å². The molecule has 0 saturated heterocycles. The molecule has 5 aliphatic carbocycles. The highest BCUT2D eigenvalue weighted by Crippen LogP contribution is 2.34. The lowest BCUT2D eigenvalue weighted by atomic mass is 9.86. The van der Waals surface area contributed by atoms with Crippen LogP contribution >= 0.6 is 0 Å². The number of hydrogen-bond acceptors (Lipinski definition) is 12. The molecule has 0 bridgehead atoms. The highest BCUT2D eigenvalue weighted by molar-refractivity contribution is 7.92.